The van der Waals surface area contributed by atoms with Gasteiger partial charge >= 0.3 is 47.6 Å². The fourth-order valence-corrected chi connectivity index (χ4v) is 2.67. The lowest BCUT2D eigenvalue weighted by Crippen LogP contribution is -2.74. The smallest absolute Gasteiger partial charge is 0.267 e. The molecule has 1 N–H and O–H groups in total. The summed E-state index contributed by atoms with van der Waals surface area (Å²) >= 11 is 0. The van der Waals surface area contributed by atoms with Crippen LogP contribution in [0.25, 0.3) is 10.8 Å². The second-order valence-electron chi connectivity index (χ2n) is 6.97. The molecule has 0 aliphatic carbocycles. The Morgan fingerprint density at radius 1 is 0.528 bits per heavy atom. The number of hydrogen-bond acceptors (Lipinski definition) is 2. The van der Waals surface area contributed by atoms with Crippen LogP contribution in [0.15, 0.2) is 29.1 Å². The highest BCUT2D eigenvalue weighted by atomic mass is 19.4. The maximum Gasteiger partial charge on any atom is 0.460 e. The number of aromatic amines is 1. The summed E-state index contributed by atoms with van der Waals surface area (Å²) in [6.07, 6.45) is -7.82. The number of fused-ring (bicyclic) bond motifs is 1. The van der Waals surface area contributed by atoms with Gasteiger partial charge in [-0.2, -0.15) is 79.7 Å². The Kier molecular flexibility index (Phi) is 6.40. The van der Waals surface area contributed by atoms with Crippen molar-refractivity contribution < 1.29 is 74.6 Å². The number of nitrogens with zero attached hydrogens (tertiary/aromatic N) is 1. The van der Waals surface area contributed by atoms with E-state index in [-0.39, 0.29) is 0 Å². The van der Waals surface area contributed by atoms with Gasteiger partial charge in [0.25, 0.3) is 5.56 Å². The van der Waals surface area contributed by atoms with E-state index in [2.05, 4.69) is 5.10 Å². The second-order valence-corrected chi connectivity index (χ2v) is 6.97. The van der Waals surface area contributed by atoms with Gasteiger partial charge in [-0.3, -0.25) is 4.79 Å². The average Bonchev–Trinajstić information content (AvgIpc) is 2.72. The summed E-state index contributed by atoms with van der Waals surface area (Å²) in [6, 6.07) is 2.44. The van der Waals surface area contributed by atoms with Crippen molar-refractivity contribution in [3.63, 3.8) is 0 Å². The summed E-state index contributed by atoms with van der Waals surface area (Å²) in [5, 5.41) is 0.831. The first-order valence-electron chi connectivity index (χ1n) is 8.44. The highest BCUT2D eigenvalue weighted by molar-refractivity contribution is 5.84. The number of halogens is 17. The van der Waals surface area contributed by atoms with Gasteiger partial charge in [-0.15, -0.1) is 0 Å². The summed E-state index contributed by atoms with van der Waals surface area (Å²) in [5.74, 6) is -57.5. The van der Waals surface area contributed by atoms with Crippen molar-refractivity contribution in [3.8, 4) is 0 Å². The van der Waals surface area contributed by atoms with E-state index in [0.717, 1.165) is 11.2 Å². The zero-order chi connectivity index (χ0) is 28.6. The molecule has 0 aliphatic heterocycles. The molecular weight excluding hydrogens is 559 g/mol. The molecule has 2 rings (SSSR count). The largest absolute Gasteiger partial charge is 0.460 e. The third-order valence-electron chi connectivity index (χ3n) is 4.72. The number of rotatable bonds is 7. The molecule has 20 heteroatoms. The predicted molar refractivity (Wildman–Crippen MR) is 82.0 cm³/mol. The Hall–Kier alpha value is -2.83. The molecule has 0 fully saturated rings. The molecule has 36 heavy (non-hydrogen) atoms. The van der Waals surface area contributed by atoms with E-state index in [1.54, 1.807) is 0 Å². The summed E-state index contributed by atoms with van der Waals surface area (Å²) in [6.45, 7) is 0. The maximum absolute atomic E-state index is 14.4. The Morgan fingerprint density at radius 2 is 0.889 bits per heavy atom. The number of nitrogens with one attached hydrogen (secondary N) is 1. The van der Waals surface area contributed by atoms with E-state index in [0.29, 0.717) is 18.2 Å². The third-order valence-corrected chi connectivity index (χ3v) is 4.72. The zero-order valence-corrected chi connectivity index (χ0v) is 16.1. The molecular formula is C16H5F17N2O. The highest BCUT2D eigenvalue weighted by Gasteiger charge is 2.95. The fourth-order valence-electron chi connectivity index (χ4n) is 2.67. The Labute approximate surface area is 184 Å². The molecule has 0 spiro atoms. The van der Waals surface area contributed by atoms with Crippen LogP contribution in [0.3, 0.4) is 0 Å². The lowest BCUT2D eigenvalue weighted by atomic mass is 9.87. The normalized spacial score (nSPS) is 15.5. The molecule has 0 saturated carbocycles. The van der Waals surface area contributed by atoms with Gasteiger partial charge in [0.15, 0.2) is 0 Å². The second kappa shape index (κ2) is 7.83. The highest BCUT2D eigenvalue weighted by Crippen LogP contribution is 2.65. The first-order valence-corrected chi connectivity index (χ1v) is 8.44. The van der Waals surface area contributed by atoms with E-state index in [4.69, 9.17) is 0 Å². The molecule has 2 aromatic rings. The summed E-state index contributed by atoms with van der Waals surface area (Å²) in [4.78, 5) is 11.5. The van der Waals surface area contributed by atoms with Crippen LogP contribution in [-0.2, 0) is 5.92 Å². The standard InChI is InChI=1S/C16H5F17N2O/c17-9(18,7-5-3-1-2-4-6(5)8(36)35-34-7)10(19,20)11(21,22)12(23,24)13(25,26)14(27,28)15(29,30)16(31,32)33/h1-4H,(H,35,36). The number of H-pyrrole nitrogens is 1. The van der Waals surface area contributed by atoms with Crippen LogP contribution in [0.1, 0.15) is 5.69 Å². The van der Waals surface area contributed by atoms with Crippen LogP contribution in [0, 0.1) is 0 Å². The third kappa shape index (κ3) is 3.49. The van der Waals surface area contributed by atoms with Crippen LogP contribution in [0.5, 0.6) is 0 Å². The molecule has 0 saturated heterocycles. The molecule has 0 atom stereocenters. The molecule has 1 heterocycles. The summed E-state index contributed by atoms with van der Waals surface area (Å²) in [5.41, 5.74) is -4.15. The monoisotopic (exact) mass is 564 g/mol. The summed E-state index contributed by atoms with van der Waals surface area (Å²) in [7, 11) is 0. The quantitative estimate of drug-likeness (QED) is 0.397. The van der Waals surface area contributed by atoms with Crippen LogP contribution in [0.4, 0.5) is 74.6 Å². The van der Waals surface area contributed by atoms with Gasteiger partial charge in [-0.1, -0.05) is 18.2 Å². The Morgan fingerprint density at radius 3 is 1.31 bits per heavy atom. The molecule has 0 aliphatic rings. The van der Waals surface area contributed by atoms with Gasteiger partial charge in [-0.25, -0.2) is 5.10 Å². The first-order chi connectivity index (χ1) is 15.7. The van der Waals surface area contributed by atoms with Crippen molar-refractivity contribution in [2.24, 2.45) is 0 Å². The molecule has 204 valence electrons. The van der Waals surface area contributed by atoms with Gasteiger partial charge in [0, 0.05) is 5.39 Å². The lowest BCUT2D eigenvalue weighted by molar-refractivity contribution is -0.462. The Bertz CT molecular complexity index is 1200. The molecule has 1 aromatic carbocycles. The van der Waals surface area contributed by atoms with Gasteiger partial charge in [-0.05, 0) is 6.07 Å². The van der Waals surface area contributed by atoms with E-state index >= 15 is 0 Å². The molecule has 0 radical (unpaired) electrons. The molecule has 3 nitrogen and oxygen atoms in total. The molecule has 1 aromatic heterocycles. The number of alkyl halides is 17. The minimum atomic E-state index is -8.72. The van der Waals surface area contributed by atoms with Crippen LogP contribution < -0.4 is 5.56 Å². The molecule has 0 amide bonds. The van der Waals surface area contributed by atoms with Crippen LogP contribution in [-0.4, -0.2) is 51.9 Å². The number of hydrogen-bond donors (Lipinski definition) is 1. The Balaban J connectivity index is 2.77. The summed E-state index contributed by atoms with van der Waals surface area (Å²) < 4.78 is 228. The number of benzene rings is 1. The first kappa shape index (κ1) is 29.4. The van der Waals surface area contributed by atoms with E-state index in [1.807, 2.05) is 0 Å². The van der Waals surface area contributed by atoms with Crippen molar-refractivity contribution in [3.05, 3.63) is 40.3 Å². The van der Waals surface area contributed by atoms with E-state index < -0.39 is 69.7 Å². The van der Waals surface area contributed by atoms with Crippen molar-refractivity contribution in [1.29, 1.82) is 0 Å². The van der Waals surface area contributed by atoms with Crippen molar-refractivity contribution in [1.82, 2.24) is 10.2 Å². The fraction of sp³-hybridized carbons (Fsp3) is 0.500. The maximum atomic E-state index is 14.4. The molecule has 0 unspecified atom stereocenters. The van der Waals surface area contributed by atoms with Crippen molar-refractivity contribution in [2.45, 2.75) is 47.6 Å². The van der Waals surface area contributed by atoms with Crippen molar-refractivity contribution >= 4 is 10.8 Å². The van der Waals surface area contributed by atoms with Crippen LogP contribution >= 0.6 is 0 Å². The zero-order valence-electron chi connectivity index (χ0n) is 16.1. The predicted octanol–water partition coefficient (Wildman–Crippen LogP) is 6.39. The topological polar surface area (TPSA) is 45.8 Å². The number of aromatic nitrogens is 2. The van der Waals surface area contributed by atoms with Gasteiger partial charge < -0.3 is 0 Å². The van der Waals surface area contributed by atoms with Gasteiger partial charge in [0.2, 0.25) is 0 Å². The lowest BCUT2D eigenvalue weighted by Gasteiger charge is -2.42. The minimum Gasteiger partial charge on any atom is -0.267 e. The van der Waals surface area contributed by atoms with Gasteiger partial charge in [0.05, 0.1) is 5.39 Å². The van der Waals surface area contributed by atoms with E-state index in [1.165, 1.54) is 0 Å². The average molecular weight is 564 g/mol. The SMILES string of the molecule is O=c1[nH]nc(C(F)(F)C(F)(F)C(F)(F)C(F)(F)C(F)(F)C(F)(F)C(F)(F)C(F)(F)F)c2ccccc12. The molecule has 0 bridgehead atoms. The van der Waals surface area contributed by atoms with Gasteiger partial charge in [0.1, 0.15) is 5.69 Å². The van der Waals surface area contributed by atoms with Crippen LogP contribution in [0.2, 0.25) is 0 Å². The van der Waals surface area contributed by atoms with Crippen molar-refractivity contribution in [2.75, 3.05) is 0 Å². The minimum absolute atomic E-state index is 0.305. The van der Waals surface area contributed by atoms with E-state index in [9.17, 15) is 79.4 Å².